The molecule has 0 heterocycles. The highest BCUT2D eigenvalue weighted by atomic mass is 16.5. The fourth-order valence-electron chi connectivity index (χ4n) is 0.702. The molecule has 0 aliphatic heterocycles. The highest BCUT2D eigenvalue weighted by molar-refractivity contribution is 5.78. The number of primary amides is 1. The molecule has 0 saturated heterocycles. The van der Waals surface area contributed by atoms with Gasteiger partial charge in [-0.05, 0) is 6.92 Å². The second-order valence-electron chi connectivity index (χ2n) is 2.51. The molecule has 0 aliphatic rings. The Labute approximate surface area is 82.7 Å². The van der Waals surface area contributed by atoms with Gasteiger partial charge in [-0.25, -0.2) is 0 Å². The van der Waals surface area contributed by atoms with Crippen LogP contribution in [0.2, 0.25) is 0 Å². The molecule has 0 aromatic carbocycles. The predicted molar refractivity (Wildman–Crippen MR) is 49.5 cm³/mol. The lowest BCUT2D eigenvalue weighted by molar-refractivity contribution is -0.129. The summed E-state index contributed by atoms with van der Waals surface area (Å²) in [6, 6.07) is 0. The molecule has 0 aromatic rings. The summed E-state index contributed by atoms with van der Waals surface area (Å²) in [5.41, 5.74) is 4.80. The largest absolute Gasteiger partial charge is 0.380 e. The summed E-state index contributed by atoms with van der Waals surface area (Å²) in [6.07, 6.45) is 0. The maximum atomic E-state index is 10.9. The molecular formula is C8H16N2O4. The average Bonchev–Trinajstić information content (AvgIpc) is 2.12. The van der Waals surface area contributed by atoms with Crippen LogP contribution in [0.5, 0.6) is 0 Å². The monoisotopic (exact) mass is 204 g/mol. The average molecular weight is 204 g/mol. The van der Waals surface area contributed by atoms with Crippen molar-refractivity contribution in [1.82, 2.24) is 5.32 Å². The van der Waals surface area contributed by atoms with E-state index >= 15 is 0 Å². The molecule has 6 heteroatoms. The summed E-state index contributed by atoms with van der Waals surface area (Å²) >= 11 is 0. The minimum absolute atomic E-state index is 0.158. The zero-order valence-electron chi connectivity index (χ0n) is 8.25. The number of carbonyl (C=O) groups is 2. The van der Waals surface area contributed by atoms with Crippen LogP contribution in [0.4, 0.5) is 0 Å². The van der Waals surface area contributed by atoms with E-state index in [0.717, 1.165) is 0 Å². The Hall–Kier alpha value is -1.14. The summed E-state index contributed by atoms with van der Waals surface area (Å²) < 4.78 is 9.68. The van der Waals surface area contributed by atoms with Crippen LogP contribution in [-0.4, -0.2) is 44.8 Å². The molecule has 0 aliphatic carbocycles. The van der Waals surface area contributed by atoms with Gasteiger partial charge in [0, 0.05) is 13.2 Å². The first-order chi connectivity index (χ1) is 6.66. The standard InChI is InChI=1S/C8H16N2O4/c1-2-13-4-3-10-8(12)6-14-5-7(9)11/h2-6H2,1H3,(H2,9,11)(H,10,12). The normalized spacial score (nSPS) is 9.79. The Morgan fingerprint density at radius 3 is 2.57 bits per heavy atom. The Bertz CT molecular complexity index is 184. The van der Waals surface area contributed by atoms with Gasteiger partial charge < -0.3 is 20.5 Å². The lowest BCUT2D eigenvalue weighted by atomic mass is 10.5. The van der Waals surface area contributed by atoms with Gasteiger partial charge in [-0.15, -0.1) is 0 Å². The van der Waals surface area contributed by atoms with Crippen molar-refractivity contribution in [1.29, 1.82) is 0 Å². The Balaban J connectivity index is 3.24. The molecule has 3 N–H and O–H groups in total. The molecule has 0 fully saturated rings. The van der Waals surface area contributed by atoms with E-state index in [2.05, 4.69) is 10.1 Å². The van der Waals surface area contributed by atoms with E-state index in [1.807, 2.05) is 6.92 Å². The molecule has 0 atom stereocenters. The number of amides is 2. The number of rotatable bonds is 8. The van der Waals surface area contributed by atoms with E-state index in [0.29, 0.717) is 19.8 Å². The molecule has 0 radical (unpaired) electrons. The number of nitrogens with one attached hydrogen (secondary N) is 1. The Kier molecular flexibility index (Phi) is 7.77. The summed E-state index contributed by atoms with van der Waals surface area (Å²) in [7, 11) is 0. The van der Waals surface area contributed by atoms with E-state index in [1.54, 1.807) is 0 Å². The molecular weight excluding hydrogens is 188 g/mol. The van der Waals surface area contributed by atoms with Gasteiger partial charge in [-0.2, -0.15) is 0 Å². The van der Waals surface area contributed by atoms with Crippen molar-refractivity contribution < 1.29 is 19.1 Å². The van der Waals surface area contributed by atoms with Gasteiger partial charge in [0.1, 0.15) is 13.2 Å². The van der Waals surface area contributed by atoms with Crippen LogP contribution in [0.15, 0.2) is 0 Å². The molecule has 0 bridgehead atoms. The highest BCUT2D eigenvalue weighted by Gasteiger charge is 2.01. The van der Waals surface area contributed by atoms with Crippen LogP contribution in [0.3, 0.4) is 0 Å². The zero-order chi connectivity index (χ0) is 10.8. The molecule has 6 nitrogen and oxygen atoms in total. The molecule has 0 saturated carbocycles. The van der Waals surface area contributed by atoms with E-state index in [4.69, 9.17) is 10.5 Å². The van der Waals surface area contributed by atoms with Crippen LogP contribution in [0.25, 0.3) is 0 Å². The number of hydrogen-bond acceptors (Lipinski definition) is 4. The molecule has 82 valence electrons. The van der Waals surface area contributed by atoms with Gasteiger partial charge in [0.25, 0.3) is 0 Å². The fourth-order valence-corrected chi connectivity index (χ4v) is 0.702. The minimum atomic E-state index is -0.591. The Morgan fingerprint density at radius 1 is 1.29 bits per heavy atom. The minimum Gasteiger partial charge on any atom is -0.380 e. The lowest BCUT2D eigenvalue weighted by Gasteiger charge is -2.04. The van der Waals surface area contributed by atoms with Crippen LogP contribution in [-0.2, 0) is 19.1 Å². The SMILES string of the molecule is CCOCCNC(=O)COCC(N)=O. The summed E-state index contributed by atoms with van der Waals surface area (Å²) in [6.45, 7) is 3.00. The van der Waals surface area contributed by atoms with Crippen molar-refractivity contribution in [3.63, 3.8) is 0 Å². The fraction of sp³-hybridized carbons (Fsp3) is 0.750. The smallest absolute Gasteiger partial charge is 0.246 e. The quantitative estimate of drug-likeness (QED) is 0.478. The van der Waals surface area contributed by atoms with Crippen molar-refractivity contribution in [2.24, 2.45) is 5.73 Å². The van der Waals surface area contributed by atoms with Crippen molar-refractivity contribution in [3.05, 3.63) is 0 Å². The lowest BCUT2D eigenvalue weighted by Crippen LogP contribution is -2.32. The topological polar surface area (TPSA) is 90.7 Å². The van der Waals surface area contributed by atoms with Crippen molar-refractivity contribution in [3.8, 4) is 0 Å². The number of ether oxygens (including phenoxy) is 2. The van der Waals surface area contributed by atoms with Gasteiger partial charge in [0.15, 0.2) is 0 Å². The van der Waals surface area contributed by atoms with Gasteiger partial charge in [0.2, 0.25) is 11.8 Å². The maximum Gasteiger partial charge on any atom is 0.246 e. The molecule has 0 spiro atoms. The van der Waals surface area contributed by atoms with Crippen LogP contribution >= 0.6 is 0 Å². The van der Waals surface area contributed by atoms with Crippen LogP contribution in [0.1, 0.15) is 6.92 Å². The van der Waals surface area contributed by atoms with Crippen molar-refractivity contribution >= 4 is 11.8 Å². The van der Waals surface area contributed by atoms with Crippen molar-refractivity contribution in [2.75, 3.05) is 33.0 Å². The predicted octanol–water partition coefficient (Wildman–Crippen LogP) is -1.36. The van der Waals surface area contributed by atoms with E-state index in [-0.39, 0.29) is 19.1 Å². The number of carbonyl (C=O) groups excluding carboxylic acids is 2. The molecule has 0 aromatic heterocycles. The second-order valence-corrected chi connectivity index (χ2v) is 2.51. The van der Waals surface area contributed by atoms with E-state index < -0.39 is 5.91 Å². The maximum absolute atomic E-state index is 10.9. The third kappa shape index (κ3) is 8.95. The molecule has 0 rings (SSSR count). The Morgan fingerprint density at radius 2 is 2.00 bits per heavy atom. The van der Waals surface area contributed by atoms with Crippen molar-refractivity contribution in [2.45, 2.75) is 6.92 Å². The summed E-state index contributed by atoms with van der Waals surface area (Å²) in [5, 5.41) is 2.55. The third-order valence-corrected chi connectivity index (χ3v) is 1.25. The van der Waals surface area contributed by atoms with E-state index in [9.17, 15) is 9.59 Å². The number of hydrogen-bond donors (Lipinski definition) is 2. The van der Waals surface area contributed by atoms with Gasteiger partial charge >= 0.3 is 0 Å². The molecule has 2 amide bonds. The molecule has 14 heavy (non-hydrogen) atoms. The first-order valence-corrected chi connectivity index (χ1v) is 4.37. The number of nitrogens with two attached hydrogens (primary N) is 1. The third-order valence-electron chi connectivity index (χ3n) is 1.25. The van der Waals surface area contributed by atoms with E-state index in [1.165, 1.54) is 0 Å². The highest BCUT2D eigenvalue weighted by Crippen LogP contribution is 1.75. The summed E-state index contributed by atoms with van der Waals surface area (Å²) in [5.74, 6) is -0.877. The van der Waals surface area contributed by atoms with Crippen LogP contribution in [0, 0.1) is 0 Å². The first kappa shape index (κ1) is 12.9. The van der Waals surface area contributed by atoms with Crippen LogP contribution < -0.4 is 11.1 Å². The molecule has 0 unspecified atom stereocenters. The zero-order valence-corrected chi connectivity index (χ0v) is 8.25. The second kappa shape index (κ2) is 8.46. The van der Waals surface area contributed by atoms with Gasteiger partial charge in [-0.1, -0.05) is 0 Å². The first-order valence-electron chi connectivity index (χ1n) is 4.37. The van der Waals surface area contributed by atoms with Gasteiger partial charge in [-0.3, -0.25) is 9.59 Å². The summed E-state index contributed by atoms with van der Waals surface area (Å²) in [4.78, 5) is 21.2. The van der Waals surface area contributed by atoms with Gasteiger partial charge in [0.05, 0.1) is 6.61 Å².